The number of hydrogen-bond donors (Lipinski definition) is 0. The third-order valence-electron chi connectivity index (χ3n) is 4.99. The topological polar surface area (TPSA) is 3.01 Å². The summed E-state index contributed by atoms with van der Waals surface area (Å²) in [5.74, 6) is 0. The van der Waals surface area contributed by atoms with Crippen molar-refractivity contribution >= 4 is 5.71 Å². The fraction of sp³-hybridized carbons (Fsp3) is 0.923. The summed E-state index contributed by atoms with van der Waals surface area (Å²) in [5, 5.41) is 0. The highest BCUT2D eigenvalue weighted by atomic mass is 35.5. The predicted octanol–water partition coefficient (Wildman–Crippen LogP) is 0.328. The third kappa shape index (κ3) is 1.84. The molecule has 1 aliphatic heterocycles. The van der Waals surface area contributed by atoms with Crippen molar-refractivity contribution in [2.24, 2.45) is 10.8 Å². The first-order chi connectivity index (χ1) is 6.04. The van der Waals surface area contributed by atoms with Gasteiger partial charge in [0.1, 0.15) is 12.3 Å². The van der Waals surface area contributed by atoms with E-state index in [1.165, 1.54) is 12.3 Å². The summed E-state index contributed by atoms with van der Waals surface area (Å²) in [6.45, 7) is 19.9. The Hall–Kier alpha value is -0.0400. The van der Waals surface area contributed by atoms with Gasteiger partial charge in [-0.05, 0) is 0 Å². The molecule has 90 valence electrons. The summed E-state index contributed by atoms with van der Waals surface area (Å²) in [6.07, 6.45) is 0. The standard InChI is InChI=1S/C13H26N.ClH/c1-10(2)14-9-11(3,4)12(5,6)13(14,7)8;/h9H2,1-8H3;1H/q+1;/p-1. The van der Waals surface area contributed by atoms with Crippen LogP contribution in [0, 0.1) is 10.8 Å². The quantitative estimate of drug-likeness (QED) is 0.529. The van der Waals surface area contributed by atoms with Gasteiger partial charge in [-0.25, -0.2) is 4.58 Å². The Morgan fingerprint density at radius 1 is 0.933 bits per heavy atom. The summed E-state index contributed by atoms with van der Waals surface area (Å²) < 4.78 is 2.56. The molecule has 0 aliphatic carbocycles. The van der Waals surface area contributed by atoms with Crippen molar-refractivity contribution in [1.29, 1.82) is 0 Å². The van der Waals surface area contributed by atoms with Crippen LogP contribution >= 0.6 is 0 Å². The number of hydrogen-bond acceptors (Lipinski definition) is 0. The summed E-state index contributed by atoms with van der Waals surface area (Å²) in [4.78, 5) is 0. The smallest absolute Gasteiger partial charge is 0.162 e. The Balaban J connectivity index is 0.00000196. The van der Waals surface area contributed by atoms with E-state index in [-0.39, 0.29) is 17.9 Å². The van der Waals surface area contributed by atoms with Crippen LogP contribution in [-0.2, 0) is 0 Å². The SMILES string of the molecule is CC(C)=[N+]1CC(C)(C)C(C)(C)C1(C)C.[Cl-]. The van der Waals surface area contributed by atoms with Crippen LogP contribution in [0.25, 0.3) is 0 Å². The van der Waals surface area contributed by atoms with E-state index in [1.807, 2.05) is 0 Å². The van der Waals surface area contributed by atoms with Gasteiger partial charge in [0.05, 0.1) is 0 Å². The lowest BCUT2D eigenvalue weighted by atomic mass is 9.62. The molecule has 2 heteroatoms. The maximum Gasteiger partial charge on any atom is 0.162 e. The van der Waals surface area contributed by atoms with Gasteiger partial charge in [0.15, 0.2) is 5.54 Å². The zero-order valence-corrected chi connectivity index (χ0v) is 12.3. The van der Waals surface area contributed by atoms with E-state index in [9.17, 15) is 0 Å². The molecule has 0 bridgehead atoms. The van der Waals surface area contributed by atoms with Crippen molar-refractivity contribution in [2.75, 3.05) is 6.54 Å². The summed E-state index contributed by atoms with van der Waals surface area (Å²) in [7, 11) is 0. The van der Waals surface area contributed by atoms with Crippen molar-refractivity contribution in [3.05, 3.63) is 0 Å². The van der Waals surface area contributed by atoms with Gasteiger partial charge in [-0.2, -0.15) is 0 Å². The van der Waals surface area contributed by atoms with Gasteiger partial charge in [-0.15, -0.1) is 0 Å². The van der Waals surface area contributed by atoms with Crippen molar-refractivity contribution in [2.45, 2.75) is 60.9 Å². The van der Waals surface area contributed by atoms with E-state index < -0.39 is 0 Å². The number of halogens is 1. The maximum atomic E-state index is 2.56. The largest absolute Gasteiger partial charge is 1.00 e. The highest BCUT2D eigenvalue weighted by molar-refractivity contribution is 5.74. The minimum atomic E-state index is 0. The van der Waals surface area contributed by atoms with Gasteiger partial charge in [0, 0.05) is 38.5 Å². The number of nitrogens with zero attached hydrogens (tertiary/aromatic N) is 1. The van der Waals surface area contributed by atoms with Crippen molar-refractivity contribution in [3.8, 4) is 0 Å². The van der Waals surface area contributed by atoms with Crippen LogP contribution in [-0.4, -0.2) is 22.4 Å². The zero-order chi connectivity index (χ0) is 11.4. The molecule has 0 aromatic heterocycles. The molecule has 1 nitrogen and oxygen atoms in total. The highest BCUT2D eigenvalue weighted by Crippen LogP contribution is 2.53. The molecule has 0 aromatic rings. The van der Waals surface area contributed by atoms with Crippen LogP contribution in [0.15, 0.2) is 0 Å². The van der Waals surface area contributed by atoms with E-state index in [2.05, 4.69) is 60.0 Å². The van der Waals surface area contributed by atoms with Gasteiger partial charge >= 0.3 is 0 Å². The molecule has 0 amide bonds. The molecule has 1 aliphatic rings. The van der Waals surface area contributed by atoms with Crippen LogP contribution in [0.5, 0.6) is 0 Å². The normalized spacial score (nSPS) is 26.0. The van der Waals surface area contributed by atoms with E-state index in [0.717, 1.165) is 0 Å². The van der Waals surface area contributed by atoms with E-state index in [4.69, 9.17) is 0 Å². The summed E-state index contributed by atoms with van der Waals surface area (Å²) >= 11 is 0. The Morgan fingerprint density at radius 3 is 1.47 bits per heavy atom. The van der Waals surface area contributed by atoms with Gasteiger partial charge in [0.25, 0.3) is 0 Å². The monoisotopic (exact) mass is 231 g/mol. The molecule has 0 saturated carbocycles. The van der Waals surface area contributed by atoms with Crippen molar-refractivity contribution in [3.63, 3.8) is 0 Å². The van der Waals surface area contributed by atoms with Gasteiger partial charge in [0.2, 0.25) is 0 Å². The van der Waals surface area contributed by atoms with Gasteiger partial charge in [-0.3, -0.25) is 0 Å². The Morgan fingerprint density at radius 2 is 1.33 bits per heavy atom. The minimum Gasteiger partial charge on any atom is -1.00 e. The second kappa shape index (κ2) is 3.76. The molecular weight excluding hydrogens is 206 g/mol. The fourth-order valence-electron chi connectivity index (χ4n) is 2.67. The molecule has 0 N–H and O–H groups in total. The average molecular weight is 232 g/mol. The Kier molecular flexibility index (Phi) is 3.75. The molecular formula is C13H26ClN. The van der Waals surface area contributed by atoms with Crippen LogP contribution in [0.3, 0.4) is 0 Å². The lowest BCUT2D eigenvalue weighted by Gasteiger charge is -2.37. The third-order valence-corrected chi connectivity index (χ3v) is 4.99. The van der Waals surface area contributed by atoms with E-state index in [1.54, 1.807) is 0 Å². The van der Waals surface area contributed by atoms with E-state index >= 15 is 0 Å². The lowest BCUT2D eigenvalue weighted by Crippen LogP contribution is -3.00. The zero-order valence-electron chi connectivity index (χ0n) is 11.5. The maximum absolute atomic E-state index is 2.56. The lowest BCUT2D eigenvalue weighted by molar-refractivity contribution is -0.590. The molecule has 0 radical (unpaired) electrons. The average Bonchev–Trinajstić information content (AvgIpc) is 2.08. The molecule has 15 heavy (non-hydrogen) atoms. The minimum absolute atomic E-state index is 0. The molecule has 1 heterocycles. The van der Waals surface area contributed by atoms with Gasteiger partial charge in [-0.1, -0.05) is 27.7 Å². The second-order valence-corrected chi connectivity index (χ2v) is 6.60. The number of rotatable bonds is 0. The molecule has 0 spiro atoms. The summed E-state index contributed by atoms with van der Waals surface area (Å²) in [6, 6.07) is 0. The van der Waals surface area contributed by atoms with Crippen LogP contribution in [0.1, 0.15) is 55.4 Å². The van der Waals surface area contributed by atoms with Crippen molar-refractivity contribution in [1.82, 2.24) is 0 Å². The van der Waals surface area contributed by atoms with Crippen LogP contribution in [0.4, 0.5) is 0 Å². The predicted molar refractivity (Wildman–Crippen MR) is 63.1 cm³/mol. The Labute approximate surface area is 101 Å². The van der Waals surface area contributed by atoms with Crippen molar-refractivity contribution < 1.29 is 17.0 Å². The summed E-state index contributed by atoms with van der Waals surface area (Å²) in [5.41, 5.74) is 2.43. The highest BCUT2D eigenvalue weighted by Gasteiger charge is 2.62. The molecule has 1 rings (SSSR count). The van der Waals surface area contributed by atoms with Crippen LogP contribution < -0.4 is 12.4 Å². The molecule has 1 fully saturated rings. The first-order valence-corrected chi connectivity index (χ1v) is 5.62. The molecule has 0 aromatic carbocycles. The second-order valence-electron chi connectivity index (χ2n) is 6.60. The Bertz CT molecular complexity index is 281. The molecule has 1 saturated heterocycles. The van der Waals surface area contributed by atoms with Crippen LogP contribution in [0.2, 0.25) is 0 Å². The fourth-order valence-corrected chi connectivity index (χ4v) is 2.67. The van der Waals surface area contributed by atoms with Gasteiger partial charge < -0.3 is 12.4 Å². The molecule has 0 atom stereocenters. The first-order valence-electron chi connectivity index (χ1n) is 5.62. The first kappa shape index (κ1) is 15.0. The molecule has 0 unspecified atom stereocenters. The van der Waals surface area contributed by atoms with E-state index in [0.29, 0.717) is 10.8 Å².